The lowest BCUT2D eigenvalue weighted by atomic mass is 10.1. The quantitative estimate of drug-likeness (QED) is 0.634. The molecule has 0 saturated carbocycles. The van der Waals surface area contributed by atoms with Crippen molar-refractivity contribution in [2.45, 2.75) is 27.2 Å². The van der Waals surface area contributed by atoms with Crippen molar-refractivity contribution in [3.8, 4) is 10.6 Å². The lowest BCUT2D eigenvalue weighted by Gasteiger charge is -2.08. The van der Waals surface area contributed by atoms with Gasteiger partial charge >= 0.3 is 0 Å². The van der Waals surface area contributed by atoms with Crippen LogP contribution in [0.15, 0.2) is 42.5 Å². The number of anilines is 2. The number of rotatable bonds is 5. The first-order valence-electron chi connectivity index (χ1n) is 8.82. The minimum absolute atomic E-state index is 0.00195. The summed E-state index contributed by atoms with van der Waals surface area (Å²) in [7, 11) is 0. The fourth-order valence-electron chi connectivity index (χ4n) is 2.69. The number of amides is 2. The normalized spacial score (nSPS) is 10.6. The van der Waals surface area contributed by atoms with Crippen molar-refractivity contribution in [3.63, 3.8) is 0 Å². The van der Waals surface area contributed by atoms with Crippen LogP contribution in [-0.2, 0) is 11.2 Å². The van der Waals surface area contributed by atoms with E-state index >= 15 is 0 Å². The highest BCUT2D eigenvalue weighted by molar-refractivity contribution is 7.17. The van der Waals surface area contributed by atoms with Gasteiger partial charge in [0, 0.05) is 18.2 Å². The predicted octanol–water partition coefficient (Wildman–Crippen LogP) is 5.03. The third kappa shape index (κ3) is 4.43. The molecule has 0 aliphatic rings. The van der Waals surface area contributed by atoms with E-state index in [9.17, 15) is 14.0 Å². The number of hydrogen-bond donors (Lipinski definition) is 2. The molecule has 144 valence electrons. The van der Waals surface area contributed by atoms with E-state index in [4.69, 9.17) is 0 Å². The molecule has 0 aliphatic heterocycles. The molecule has 5 nitrogen and oxygen atoms in total. The third-order valence-electron chi connectivity index (χ3n) is 4.15. The Morgan fingerprint density at radius 2 is 1.82 bits per heavy atom. The molecule has 0 fully saturated rings. The van der Waals surface area contributed by atoms with Gasteiger partial charge in [-0.15, -0.1) is 11.3 Å². The van der Waals surface area contributed by atoms with Gasteiger partial charge in [0.1, 0.15) is 15.7 Å². The molecule has 2 amide bonds. The number of carbonyl (C=O) groups excluding carboxylic acids is 2. The van der Waals surface area contributed by atoms with Crippen molar-refractivity contribution < 1.29 is 14.0 Å². The summed E-state index contributed by atoms with van der Waals surface area (Å²) >= 11 is 1.26. The Bertz CT molecular complexity index is 1030. The van der Waals surface area contributed by atoms with E-state index in [2.05, 4.69) is 22.5 Å². The molecular formula is C21H20FN3O2S. The summed E-state index contributed by atoms with van der Waals surface area (Å²) in [6.45, 7) is 5.20. The molecule has 3 rings (SSSR count). The third-order valence-corrected chi connectivity index (χ3v) is 5.35. The van der Waals surface area contributed by atoms with Crippen LogP contribution in [-0.4, -0.2) is 16.8 Å². The first-order chi connectivity index (χ1) is 13.4. The molecule has 0 aliphatic carbocycles. The second-order valence-electron chi connectivity index (χ2n) is 6.31. The van der Waals surface area contributed by atoms with Crippen molar-refractivity contribution in [3.05, 3.63) is 64.4 Å². The van der Waals surface area contributed by atoms with E-state index in [1.165, 1.54) is 42.0 Å². The average Bonchev–Trinajstić information content (AvgIpc) is 3.06. The van der Waals surface area contributed by atoms with Crippen LogP contribution >= 0.6 is 11.3 Å². The summed E-state index contributed by atoms with van der Waals surface area (Å²) in [5.41, 5.74) is 3.14. The largest absolute Gasteiger partial charge is 0.326 e. The standard InChI is InChI=1S/C21H20FN3O2S/c1-4-14-5-7-15(8-6-14)21-23-12(2)19(28-21)20(27)25-18-11-16(24-13(3)26)9-10-17(18)22/h5-11H,4H2,1-3H3,(H,24,26)(H,25,27). The highest BCUT2D eigenvalue weighted by Crippen LogP contribution is 2.29. The second kappa shape index (κ2) is 8.31. The summed E-state index contributed by atoms with van der Waals surface area (Å²) < 4.78 is 14.1. The van der Waals surface area contributed by atoms with Gasteiger partial charge < -0.3 is 10.6 Å². The molecule has 0 radical (unpaired) electrons. The molecular weight excluding hydrogens is 377 g/mol. The van der Waals surface area contributed by atoms with Gasteiger partial charge in [0.15, 0.2) is 0 Å². The van der Waals surface area contributed by atoms with Crippen LogP contribution in [0.5, 0.6) is 0 Å². The smallest absolute Gasteiger partial charge is 0.267 e. The van der Waals surface area contributed by atoms with Crippen LogP contribution in [0.3, 0.4) is 0 Å². The Kier molecular flexibility index (Phi) is 5.84. The minimum Gasteiger partial charge on any atom is -0.326 e. The van der Waals surface area contributed by atoms with E-state index < -0.39 is 11.7 Å². The Labute approximate surface area is 166 Å². The van der Waals surface area contributed by atoms with Gasteiger partial charge in [-0.2, -0.15) is 0 Å². The highest BCUT2D eigenvalue weighted by atomic mass is 32.1. The van der Waals surface area contributed by atoms with Crippen molar-refractivity contribution in [2.24, 2.45) is 0 Å². The van der Waals surface area contributed by atoms with Crippen molar-refractivity contribution in [2.75, 3.05) is 10.6 Å². The van der Waals surface area contributed by atoms with E-state index in [1.54, 1.807) is 6.92 Å². The minimum atomic E-state index is -0.583. The fourth-order valence-corrected chi connectivity index (χ4v) is 3.66. The number of nitrogens with one attached hydrogen (secondary N) is 2. The van der Waals surface area contributed by atoms with Crippen molar-refractivity contribution >= 4 is 34.5 Å². The summed E-state index contributed by atoms with van der Waals surface area (Å²) in [5, 5.41) is 5.87. The van der Waals surface area contributed by atoms with E-state index in [1.807, 2.05) is 24.3 Å². The zero-order valence-electron chi connectivity index (χ0n) is 15.8. The van der Waals surface area contributed by atoms with Crippen molar-refractivity contribution in [1.82, 2.24) is 4.98 Å². The second-order valence-corrected chi connectivity index (χ2v) is 7.31. The molecule has 2 N–H and O–H groups in total. The van der Waals surface area contributed by atoms with Gasteiger partial charge in [-0.25, -0.2) is 9.37 Å². The number of halogens is 1. The van der Waals surface area contributed by atoms with Crippen molar-refractivity contribution in [1.29, 1.82) is 0 Å². The predicted molar refractivity (Wildman–Crippen MR) is 110 cm³/mol. The number of benzene rings is 2. The molecule has 1 aromatic heterocycles. The molecule has 0 bridgehead atoms. The lowest BCUT2D eigenvalue weighted by Crippen LogP contribution is -2.13. The van der Waals surface area contributed by atoms with E-state index in [0.717, 1.165) is 17.0 Å². The highest BCUT2D eigenvalue weighted by Gasteiger charge is 2.18. The van der Waals surface area contributed by atoms with Crippen LogP contribution in [0.1, 0.15) is 34.8 Å². The van der Waals surface area contributed by atoms with Crippen LogP contribution < -0.4 is 10.6 Å². The van der Waals surface area contributed by atoms with Crippen LogP contribution in [0.2, 0.25) is 0 Å². The van der Waals surface area contributed by atoms with Gasteiger partial charge in [0.25, 0.3) is 5.91 Å². The van der Waals surface area contributed by atoms with E-state index in [0.29, 0.717) is 16.3 Å². The Morgan fingerprint density at radius 1 is 1.11 bits per heavy atom. The lowest BCUT2D eigenvalue weighted by molar-refractivity contribution is -0.114. The van der Waals surface area contributed by atoms with Gasteiger partial charge in [-0.05, 0) is 37.1 Å². The van der Waals surface area contributed by atoms with Gasteiger partial charge in [0.05, 0.1) is 11.4 Å². The Hall–Kier alpha value is -3.06. The molecule has 1 heterocycles. The maximum absolute atomic E-state index is 14.1. The molecule has 0 spiro atoms. The number of nitrogens with zero attached hydrogens (tertiary/aromatic N) is 1. The number of aryl methyl sites for hydroxylation is 2. The maximum atomic E-state index is 14.1. The van der Waals surface area contributed by atoms with Crippen LogP contribution in [0.25, 0.3) is 10.6 Å². The number of aromatic nitrogens is 1. The summed E-state index contributed by atoms with van der Waals surface area (Å²) in [6.07, 6.45) is 0.952. The zero-order valence-corrected chi connectivity index (χ0v) is 16.6. The number of hydrogen-bond acceptors (Lipinski definition) is 4. The first-order valence-corrected chi connectivity index (χ1v) is 9.64. The molecule has 3 aromatic rings. The number of thiazole rings is 1. The molecule has 0 atom stereocenters. The zero-order chi connectivity index (χ0) is 20.3. The Balaban J connectivity index is 1.83. The monoisotopic (exact) mass is 397 g/mol. The molecule has 7 heteroatoms. The summed E-state index contributed by atoms with van der Waals surface area (Å²) in [6, 6.07) is 12.0. The molecule has 0 saturated heterocycles. The van der Waals surface area contributed by atoms with Gasteiger partial charge in [-0.1, -0.05) is 31.2 Å². The van der Waals surface area contributed by atoms with E-state index in [-0.39, 0.29) is 11.6 Å². The molecule has 2 aromatic carbocycles. The SMILES string of the molecule is CCc1ccc(-c2nc(C)c(C(=O)Nc3cc(NC(C)=O)ccc3F)s2)cc1. The fraction of sp³-hybridized carbons (Fsp3) is 0.190. The maximum Gasteiger partial charge on any atom is 0.267 e. The summed E-state index contributed by atoms with van der Waals surface area (Å²) in [4.78, 5) is 28.7. The van der Waals surface area contributed by atoms with Gasteiger partial charge in [0.2, 0.25) is 5.91 Å². The average molecular weight is 397 g/mol. The first kappa shape index (κ1) is 19.7. The number of carbonyl (C=O) groups is 2. The van der Waals surface area contributed by atoms with Crippen LogP contribution in [0, 0.1) is 12.7 Å². The molecule has 0 unspecified atom stereocenters. The molecule has 28 heavy (non-hydrogen) atoms. The topological polar surface area (TPSA) is 71.1 Å². The van der Waals surface area contributed by atoms with Crippen LogP contribution in [0.4, 0.5) is 15.8 Å². The van der Waals surface area contributed by atoms with Gasteiger partial charge in [-0.3, -0.25) is 9.59 Å². The Morgan fingerprint density at radius 3 is 2.46 bits per heavy atom. The summed E-state index contributed by atoms with van der Waals surface area (Å²) in [5.74, 6) is -1.30.